The minimum atomic E-state index is 0.898. The first kappa shape index (κ1) is 34.7. The lowest BCUT2D eigenvalue weighted by Crippen LogP contribution is -1.95. The first-order valence-corrected chi connectivity index (χ1v) is 22.2. The van der Waals surface area contributed by atoms with Crippen LogP contribution in [0.5, 0.6) is 0 Å². The van der Waals surface area contributed by atoms with Crippen LogP contribution in [0.25, 0.3) is 137 Å². The monoisotopic (exact) mass is 829 g/mol. The molecule has 0 aliphatic carbocycles. The van der Waals surface area contributed by atoms with Crippen LogP contribution < -0.4 is 0 Å². The summed E-state index contributed by atoms with van der Waals surface area (Å²) in [5.41, 5.74) is 16.1. The maximum Gasteiger partial charge on any atom is 0.145 e. The van der Waals surface area contributed by atoms with E-state index in [0.29, 0.717) is 0 Å². The van der Waals surface area contributed by atoms with Crippen molar-refractivity contribution in [2.75, 3.05) is 0 Å². The highest BCUT2D eigenvalue weighted by Gasteiger charge is 2.23. The lowest BCUT2D eigenvalue weighted by Gasteiger charge is -2.10. The van der Waals surface area contributed by atoms with Crippen LogP contribution in [0.3, 0.4) is 0 Å². The zero-order valence-corrected chi connectivity index (χ0v) is 34.9. The van der Waals surface area contributed by atoms with Gasteiger partial charge in [-0.1, -0.05) is 109 Å². The van der Waals surface area contributed by atoms with Gasteiger partial charge in [0.05, 0.1) is 43.9 Å². The molecule has 0 fully saturated rings. The minimum absolute atomic E-state index is 0.898. The van der Waals surface area contributed by atoms with Gasteiger partial charge in [-0.05, 0) is 114 Å². The molecular formula is C60H35N3O2. The average Bonchev–Trinajstić information content (AvgIpc) is 4.17. The maximum absolute atomic E-state index is 7.30. The number of nitrogens with zero attached hydrogens (tertiary/aromatic N) is 3. The lowest BCUT2D eigenvalue weighted by molar-refractivity contribution is 0.669. The van der Waals surface area contributed by atoms with E-state index in [0.717, 1.165) is 116 Å². The number of para-hydroxylation sites is 5. The molecule has 0 atom stereocenters. The standard InChI is InChI=1S/C60H35N3O2/c1-2-14-38(15-3-1)61-49-21-8-4-17-41(49)47-35-40(26-29-52(47)61)63-51-23-10-6-20-46(51)58-54(63)31-28-44-43-27-30-53-57(59(43)65-60(44)58)45-19-5-9-22-50(45)62(53)39-16-12-13-36(33-39)37-25-32-56-48(34-37)42-18-7-11-24-55(42)64-56/h1-35H. The van der Waals surface area contributed by atoms with Gasteiger partial charge < -0.3 is 22.5 Å². The first-order valence-electron chi connectivity index (χ1n) is 22.2. The molecule has 302 valence electrons. The third-order valence-corrected chi connectivity index (χ3v) is 13.8. The second-order valence-electron chi connectivity index (χ2n) is 17.2. The zero-order chi connectivity index (χ0) is 42.3. The van der Waals surface area contributed by atoms with Crippen LogP contribution in [0.2, 0.25) is 0 Å². The van der Waals surface area contributed by atoms with E-state index in [1.165, 1.54) is 21.8 Å². The summed E-state index contributed by atoms with van der Waals surface area (Å²) in [6.07, 6.45) is 0. The normalized spacial score (nSPS) is 12.3. The number of hydrogen-bond acceptors (Lipinski definition) is 2. The highest BCUT2D eigenvalue weighted by atomic mass is 16.3. The Balaban J connectivity index is 0.938. The summed E-state index contributed by atoms with van der Waals surface area (Å²) < 4.78 is 20.6. The third kappa shape index (κ3) is 4.76. The second-order valence-corrected chi connectivity index (χ2v) is 17.2. The fourth-order valence-corrected chi connectivity index (χ4v) is 11.0. The Bertz CT molecular complexity index is 4480. The Kier molecular flexibility index (Phi) is 6.89. The first-order chi connectivity index (χ1) is 32.2. The van der Waals surface area contributed by atoms with Gasteiger partial charge >= 0.3 is 0 Å². The SMILES string of the molecule is c1ccc(-n2c3ccccc3c3cc(-n4c5ccccc5c5c6oc7c(ccc8c7c7ccccc7n8-c7cccc(-c8ccc9oc%10ccccc%10c9c8)c7)c6ccc54)ccc32)cc1. The van der Waals surface area contributed by atoms with Crippen molar-refractivity contribution in [3.05, 3.63) is 212 Å². The van der Waals surface area contributed by atoms with Crippen molar-refractivity contribution in [2.45, 2.75) is 0 Å². The van der Waals surface area contributed by atoms with Gasteiger partial charge in [-0.2, -0.15) is 0 Å². The highest BCUT2D eigenvalue weighted by Crippen LogP contribution is 2.46. The van der Waals surface area contributed by atoms with E-state index in [4.69, 9.17) is 8.83 Å². The number of hydrogen-bond donors (Lipinski definition) is 0. The number of rotatable bonds is 4. The lowest BCUT2D eigenvalue weighted by atomic mass is 10.0. The Morgan fingerprint density at radius 3 is 1.46 bits per heavy atom. The molecule has 0 saturated carbocycles. The molecule has 0 N–H and O–H groups in total. The molecule has 65 heavy (non-hydrogen) atoms. The molecule has 0 saturated heterocycles. The molecule has 15 aromatic rings. The van der Waals surface area contributed by atoms with Crippen molar-refractivity contribution >= 4 is 109 Å². The van der Waals surface area contributed by atoms with Gasteiger partial charge in [0.1, 0.15) is 22.3 Å². The van der Waals surface area contributed by atoms with Crippen LogP contribution in [-0.4, -0.2) is 13.7 Å². The van der Waals surface area contributed by atoms with Crippen LogP contribution in [0.4, 0.5) is 0 Å². The van der Waals surface area contributed by atoms with Gasteiger partial charge in [0.25, 0.3) is 0 Å². The van der Waals surface area contributed by atoms with Crippen molar-refractivity contribution in [1.82, 2.24) is 13.7 Å². The van der Waals surface area contributed by atoms with E-state index in [9.17, 15) is 0 Å². The van der Waals surface area contributed by atoms with Crippen molar-refractivity contribution < 1.29 is 8.83 Å². The van der Waals surface area contributed by atoms with Gasteiger partial charge in [0.2, 0.25) is 0 Å². The van der Waals surface area contributed by atoms with Gasteiger partial charge in [-0.15, -0.1) is 0 Å². The number of furan rings is 2. The molecule has 5 heterocycles. The molecular weight excluding hydrogens is 795 g/mol. The van der Waals surface area contributed by atoms with Crippen LogP contribution in [0, 0.1) is 0 Å². The number of aromatic nitrogens is 3. The van der Waals surface area contributed by atoms with E-state index in [2.05, 4.69) is 214 Å². The van der Waals surface area contributed by atoms with E-state index in [1.807, 2.05) is 12.1 Å². The summed E-state index contributed by atoms with van der Waals surface area (Å²) >= 11 is 0. The number of benzene rings is 10. The molecule has 5 heteroatoms. The Hall–Kier alpha value is -8.80. The molecule has 0 aliphatic rings. The topological polar surface area (TPSA) is 41.1 Å². The molecule has 0 aliphatic heterocycles. The van der Waals surface area contributed by atoms with E-state index in [1.54, 1.807) is 0 Å². The van der Waals surface area contributed by atoms with Crippen molar-refractivity contribution in [3.63, 3.8) is 0 Å². The summed E-state index contributed by atoms with van der Waals surface area (Å²) in [4.78, 5) is 0. The summed E-state index contributed by atoms with van der Waals surface area (Å²) in [7, 11) is 0. The Morgan fingerprint density at radius 2 is 0.754 bits per heavy atom. The minimum Gasteiger partial charge on any atom is -0.456 e. The molecule has 5 aromatic heterocycles. The molecule has 0 spiro atoms. The molecule has 0 bridgehead atoms. The van der Waals surface area contributed by atoms with Crippen molar-refractivity contribution in [3.8, 4) is 28.2 Å². The summed E-state index contributed by atoms with van der Waals surface area (Å²) in [5.74, 6) is 0. The average molecular weight is 830 g/mol. The van der Waals surface area contributed by atoms with Crippen LogP contribution >= 0.6 is 0 Å². The Labute approximate surface area is 370 Å². The predicted octanol–water partition coefficient (Wildman–Crippen LogP) is 16.4. The zero-order valence-electron chi connectivity index (χ0n) is 34.9. The molecule has 0 amide bonds. The van der Waals surface area contributed by atoms with Crippen molar-refractivity contribution in [2.24, 2.45) is 0 Å². The summed E-state index contributed by atoms with van der Waals surface area (Å²) in [6, 6.07) is 76.4. The highest BCUT2D eigenvalue weighted by molar-refractivity contribution is 6.29. The van der Waals surface area contributed by atoms with Gasteiger partial charge in [-0.3, -0.25) is 0 Å². The van der Waals surface area contributed by atoms with Crippen LogP contribution in [-0.2, 0) is 0 Å². The third-order valence-electron chi connectivity index (χ3n) is 13.8. The fourth-order valence-electron chi connectivity index (χ4n) is 11.0. The van der Waals surface area contributed by atoms with Gasteiger partial charge in [0, 0.05) is 60.2 Å². The molecule has 10 aromatic carbocycles. The van der Waals surface area contributed by atoms with Crippen LogP contribution in [0.1, 0.15) is 0 Å². The van der Waals surface area contributed by atoms with Gasteiger partial charge in [0.15, 0.2) is 0 Å². The van der Waals surface area contributed by atoms with E-state index in [-0.39, 0.29) is 0 Å². The molecule has 0 radical (unpaired) electrons. The number of fused-ring (bicyclic) bond motifs is 17. The van der Waals surface area contributed by atoms with E-state index >= 15 is 0 Å². The predicted molar refractivity (Wildman–Crippen MR) is 269 cm³/mol. The maximum atomic E-state index is 7.30. The fraction of sp³-hybridized carbons (Fsp3) is 0. The van der Waals surface area contributed by atoms with E-state index < -0.39 is 0 Å². The summed E-state index contributed by atoms with van der Waals surface area (Å²) in [6.45, 7) is 0. The van der Waals surface area contributed by atoms with Gasteiger partial charge in [-0.25, -0.2) is 0 Å². The molecule has 5 nitrogen and oxygen atoms in total. The largest absolute Gasteiger partial charge is 0.456 e. The molecule has 15 rings (SSSR count). The smallest absolute Gasteiger partial charge is 0.145 e. The van der Waals surface area contributed by atoms with Crippen LogP contribution in [0.15, 0.2) is 221 Å². The molecule has 0 unspecified atom stereocenters. The van der Waals surface area contributed by atoms with Crippen molar-refractivity contribution in [1.29, 1.82) is 0 Å². The second kappa shape index (κ2) is 12.9. The Morgan fingerprint density at radius 1 is 0.246 bits per heavy atom. The quantitative estimate of drug-likeness (QED) is 0.177. The summed E-state index contributed by atoms with van der Waals surface area (Å²) in [5, 5.41) is 11.5.